The Bertz CT molecular complexity index is 641. The summed E-state index contributed by atoms with van der Waals surface area (Å²) in [5.41, 5.74) is 1.28. The second-order valence-corrected chi connectivity index (χ2v) is 5.17. The first-order valence-electron chi connectivity index (χ1n) is 5.63. The van der Waals surface area contributed by atoms with Crippen LogP contribution in [0.1, 0.15) is 5.69 Å². The van der Waals surface area contributed by atoms with Crippen molar-refractivity contribution in [3.8, 4) is 22.1 Å². The Labute approximate surface area is 124 Å². The van der Waals surface area contributed by atoms with Gasteiger partial charge < -0.3 is 14.6 Å². The minimum Gasteiger partial charge on any atom is -0.493 e. The Morgan fingerprint density at radius 3 is 2.75 bits per heavy atom. The molecule has 2 aromatic rings. The standard InChI is InChI=1S/C13H12ClNO4S/c1-18-10-4-7(3-9(14)12(10)19-2)13-15-8(6-20-13)5-11(16)17/h3-4,6H,5H2,1-2H3,(H,16,17). The number of carboxylic acid groups (broad SMARTS) is 1. The van der Waals surface area contributed by atoms with Crippen molar-refractivity contribution in [3.05, 3.63) is 28.2 Å². The summed E-state index contributed by atoms with van der Waals surface area (Å²) in [6.07, 6.45) is -0.0997. The molecule has 0 saturated carbocycles. The Morgan fingerprint density at radius 1 is 1.40 bits per heavy atom. The molecule has 0 bridgehead atoms. The maximum atomic E-state index is 10.7. The van der Waals surface area contributed by atoms with Crippen LogP contribution in [-0.2, 0) is 11.2 Å². The third-order valence-electron chi connectivity index (χ3n) is 2.56. The lowest BCUT2D eigenvalue weighted by molar-refractivity contribution is -0.136. The molecule has 1 aromatic carbocycles. The largest absolute Gasteiger partial charge is 0.493 e. The van der Waals surface area contributed by atoms with Gasteiger partial charge in [-0.05, 0) is 12.1 Å². The SMILES string of the molecule is COc1cc(-c2nc(CC(=O)O)cs2)cc(Cl)c1OC. The van der Waals surface area contributed by atoms with Crippen molar-refractivity contribution in [2.45, 2.75) is 6.42 Å². The van der Waals surface area contributed by atoms with Gasteiger partial charge >= 0.3 is 5.97 Å². The summed E-state index contributed by atoms with van der Waals surface area (Å²) in [5, 5.41) is 11.6. The summed E-state index contributed by atoms with van der Waals surface area (Å²) in [6.45, 7) is 0. The minimum atomic E-state index is -0.910. The molecule has 0 aliphatic carbocycles. The lowest BCUT2D eigenvalue weighted by Crippen LogP contribution is -1.99. The fraction of sp³-hybridized carbons (Fsp3) is 0.231. The summed E-state index contributed by atoms with van der Waals surface area (Å²) in [5.74, 6) is 0.0532. The van der Waals surface area contributed by atoms with E-state index in [-0.39, 0.29) is 6.42 Å². The number of rotatable bonds is 5. The van der Waals surface area contributed by atoms with Gasteiger partial charge in [-0.3, -0.25) is 4.79 Å². The van der Waals surface area contributed by atoms with Gasteiger partial charge in [0.2, 0.25) is 0 Å². The second-order valence-electron chi connectivity index (χ2n) is 3.91. The van der Waals surface area contributed by atoms with Crippen LogP contribution in [-0.4, -0.2) is 30.3 Å². The van der Waals surface area contributed by atoms with Gasteiger partial charge in [0.15, 0.2) is 11.5 Å². The fourth-order valence-corrected chi connectivity index (χ4v) is 2.81. The lowest BCUT2D eigenvalue weighted by atomic mass is 10.2. The van der Waals surface area contributed by atoms with E-state index in [0.29, 0.717) is 27.2 Å². The first kappa shape index (κ1) is 14.6. The van der Waals surface area contributed by atoms with Crippen LogP contribution in [0.25, 0.3) is 10.6 Å². The van der Waals surface area contributed by atoms with Gasteiger partial charge in [0.05, 0.1) is 31.4 Å². The second kappa shape index (κ2) is 6.11. The molecule has 1 aromatic heterocycles. The average molecular weight is 314 g/mol. The number of halogens is 1. The quantitative estimate of drug-likeness (QED) is 0.918. The van der Waals surface area contributed by atoms with Crippen LogP contribution >= 0.6 is 22.9 Å². The lowest BCUT2D eigenvalue weighted by Gasteiger charge is -2.10. The smallest absolute Gasteiger partial charge is 0.309 e. The highest BCUT2D eigenvalue weighted by molar-refractivity contribution is 7.13. The monoisotopic (exact) mass is 313 g/mol. The zero-order valence-corrected chi connectivity index (χ0v) is 12.4. The summed E-state index contributed by atoms with van der Waals surface area (Å²) in [6, 6.07) is 3.47. The number of methoxy groups -OCH3 is 2. The van der Waals surface area contributed by atoms with Crippen LogP contribution in [0.4, 0.5) is 0 Å². The van der Waals surface area contributed by atoms with Crippen LogP contribution in [0.15, 0.2) is 17.5 Å². The average Bonchev–Trinajstić information content (AvgIpc) is 2.85. The van der Waals surface area contributed by atoms with Crippen LogP contribution in [0.5, 0.6) is 11.5 Å². The van der Waals surface area contributed by atoms with Crippen molar-refractivity contribution < 1.29 is 19.4 Å². The summed E-state index contributed by atoms with van der Waals surface area (Å²) in [4.78, 5) is 14.9. The summed E-state index contributed by atoms with van der Waals surface area (Å²) < 4.78 is 10.4. The van der Waals surface area contributed by atoms with Crippen LogP contribution < -0.4 is 9.47 Å². The molecule has 5 nitrogen and oxygen atoms in total. The third-order valence-corrected chi connectivity index (χ3v) is 3.79. The van der Waals surface area contributed by atoms with Crippen molar-refractivity contribution in [3.63, 3.8) is 0 Å². The number of carbonyl (C=O) groups is 1. The van der Waals surface area contributed by atoms with E-state index >= 15 is 0 Å². The van der Waals surface area contributed by atoms with Crippen LogP contribution in [0.2, 0.25) is 5.02 Å². The highest BCUT2D eigenvalue weighted by atomic mass is 35.5. The highest BCUT2D eigenvalue weighted by Gasteiger charge is 2.14. The van der Waals surface area contributed by atoms with E-state index in [4.69, 9.17) is 26.2 Å². The Hall–Kier alpha value is -1.79. The Morgan fingerprint density at radius 2 is 2.15 bits per heavy atom. The molecule has 0 unspecified atom stereocenters. The molecule has 0 atom stereocenters. The number of hydrogen-bond donors (Lipinski definition) is 1. The van der Waals surface area contributed by atoms with E-state index in [9.17, 15) is 4.79 Å². The molecule has 2 rings (SSSR count). The van der Waals surface area contributed by atoms with E-state index in [2.05, 4.69) is 4.98 Å². The van der Waals surface area contributed by atoms with Crippen molar-refractivity contribution in [1.82, 2.24) is 4.98 Å². The van der Waals surface area contributed by atoms with Gasteiger partial charge in [0.1, 0.15) is 5.01 Å². The molecule has 0 aliphatic rings. The fourth-order valence-electron chi connectivity index (χ4n) is 1.72. The molecule has 106 valence electrons. The number of benzene rings is 1. The van der Waals surface area contributed by atoms with Crippen molar-refractivity contribution in [1.29, 1.82) is 0 Å². The number of carboxylic acids is 1. The molecule has 0 aliphatic heterocycles. The van der Waals surface area contributed by atoms with E-state index in [1.165, 1.54) is 25.6 Å². The van der Waals surface area contributed by atoms with E-state index in [1.54, 1.807) is 17.5 Å². The van der Waals surface area contributed by atoms with Gasteiger partial charge in [0.25, 0.3) is 0 Å². The number of thiazole rings is 1. The molecule has 0 radical (unpaired) electrons. The summed E-state index contributed by atoms with van der Waals surface area (Å²) >= 11 is 7.49. The predicted octanol–water partition coefficient (Wildman–Crippen LogP) is 3.11. The topological polar surface area (TPSA) is 68.7 Å². The van der Waals surface area contributed by atoms with Gasteiger partial charge in [-0.25, -0.2) is 4.98 Å². The molecule has 1 heterocycles. The first-order chi connectivity index (χ1) is 9.55. The van der Waals surface area contributed by atoms with E-state index in [1.807, 2.05) is 0 Å². The number of nitrogens with zero attached hydrogens (tertiary/aromatic N) is 1. The number of ether oxygens (including phenoxy) is 2. The minimum absolute atomic E-state index is 0.0997. The molecule has 7 heteroatoms. The van der Waals surface area contributed by atoms with Gasteiger partial charge in [-0.2, -0.15) is 0 Å². The number of aromatic nitrogens is 1. The zero-order chi connectivity index (χ0) is 14.7. The third kappa shape index (κ3) is 3.02. The molecule has 0 fully saturated rings. The highest BCUT2D eigenvalue weighted by Crippen LogP contribution is 2.39. The molecular weight excluding hydrogens is 302 g/mol. The van der Waals surface area contributed by atoms with Gasteiger partial charge in [-0.1, -0.05) is 11.6 Å². The molecule has 0 spiro atoms. The van der Waals surface area contributed by atoms with Crippen molar-refractivity contribution in [2.75, 3.05) is 14.2 Å². The van der Waals surface area contributed by atoms with Crippen LogP contribution in [0.3, 0.4) is 0 Å². The molecular formula is C13H12ClNO4S. The molecule has 0 amide bonds. The van der Waals surface area contributed by atoms with Crippen LogP contribution in [0, 0.1) is 0 Å². The summed E-state index contributed by atoms with van der Waals surface area (Å²) in [7, 11) is 3.04. The Kier molecular flexibility index (Phi) is 4.46. The van der Waals surface area contributed by atoms with Gasteiger partial charge in [0, 0.05) is 10.9 Å². The maximum absolute atomic E-state index is 10.7. The van der Waals surface area contributed by atoms with Crippen molar-refractivity contribution in [2.24, 2.45) is 0 Å². The molecule has 0 saturated heterocycles. The molecule has 1 N–H and O–H groups in total. The predicted molar refractivity (Wildman–Crippen MR) is 77.0 cm³/mol. The maximum Gasteiger partial charge on any atom is 0.309 e. The van der Waals surface area contributed by atoms with E-state index < -0.39 is 5.97 Å². The first-order valence-corrected chi connectivity index (χ1v) is 6.89. The zero-order valence-electron chi connectivity index (χ0n) is 10.8. The Balaban J connectivity index is 2.40. The van der Waals surface area contributed by atoms with E-state index in [0.717, 1.165) is 5.56 Å². The normalized spacial score (nSPS) is 10.3. The number of aliphatic carboxylic acids is 1. The molecule has 20 heavy (non-hydrogen) atoms. The number of hydrogen-bond acceptors (Lipinski definition) is 5. The van der Waals surface area contributed by atoms with Gasteiger partial charge in [-0.15, -0.1) is 11.3 Å². The van der Waals surface area contributed by atoms with Crippen molar-refractivity contribution >= 4 is 28.9 Å².